The molecule has 1 aliphatic heterocycles. The summed E-state index contributed by atoms with van der Waals surface area (Å²) in [6.45, 7) is 4.02. The van der Waals surface area contributed by atoms with Crippen LogP contribution >= 0.6 is 0 Å². The third-order valence-electron chi connectivity index (χ3n) is 3.19. The number of imidazole rings is 1. The van der Waals surface area contributed by atoms with Crippen molar-refractivity contribution >= 4 is 5.95 Å². The highest BCUT2D eigenvalue weighted by molar-refractivity contribution is 5.28. The Morgan fingerprint density at radius 1 is 1.59 bits per heavy atom. The van der Waals surface area contributed by atoms with Crippen LogP contribution in [-0.2, 0) is 11.3 Å². The number of rotatable bonds is 6. The smallest absolute Gasteiger partial charge is 0.203 e. The van der Waals surface area contributed by atoms with Crippen LogP contribution in [-0.4, -0.2) is 54.3 Å². The van der Waals surface area contributed by atoms with Gasteiger partial charge >= 0.3 is 0 Å². The summed E-state index contributed by atoms with van der Waals surface area (Å²) in [6, 6.07) is 0.531. The van der Waals surface area contributed by atoms with Crippen molar-refractivity contribution in [2.24, 2.45) is 0 Å². The van der Waals surface area contributed by atoms with Crippen LogP contribution < -0.4 is 5.32 Å². The number of likely N-dealkylation sites (N-methyl/N-ethyl adjacent to an activating group) is 1. The number of nitrogens with one attached hydrogen (secondary N) is 1. The molecule has 5 heteroatoms. The van der Waals surface area contributed by atoms with E-state index >= 15 is 0 Å². The SMILES string of the molecule is COCCCn1ccnc1NC1CCN(C)C1. The molecule has 0 aromatic carbocycles. The summed E-state index contributed by atoms with van der Waals surface area (Å²) in [5, 5.41) is 3.52. The zero-order valence-electron chi connectivity index (χ0n) is 10.7. The van der Waals surface area contributed by atoms with E-state index in [4.69, 9.17) is 4.74 Å². The lowest BCUT2D eigenvalue weighted by molar-refractivity contribution is 0.190. The molecular formula is C12H22N4O. The number of ether oxygens (including phenoxy) is 1. The number of methoxy groups -OCH3 is 1. The normalized spacial score (nSPS) is 20.9. The molecule has 1 aliphatic rings. The van der Waals surface area contributed by atoms with Crippen molar-refractivity contribution in [1.82, 2.24) is 14.5 Å². The van der Waals surface area contributed by atoms with Crippen LogP contribution in [0.4, 0.5) is 5.95 Å². The van der Waals surface area contributed by atoms with Gasteiger partial charge in [-0.3, -0.25) is 0 Å². The van der Waals surface area contributed by atoms with Crippen molar-refractivity contribution in [2.45, 2.75) is 25.4 Å². The monoisotopic (exact) mass is 238 g/mol. The van der Waals surface area contributed by atoms with Crippen molar-refractivity contribution in [1.29, 1.82) is 0 Å². The Labute approximate surface area is 103 Å². The summed E-state index contributed by atoms with van der Waals surface area (Å²) in [5.41, 5.74) is 0. The molecule has 1 aromatic rings. The van der Waals surface area contributed by atoms with E-state index in [0.717, 1.165) is 32.1 Å². The van der Waals surface area contributed by atoms with Gasteiger partial charge in [-0.15, -0.1) is 0 Å². The van der Waals surface area contributed by atoms with E-state index in [1.165, 1.54) is 13.0 Å². The van der Waals surface area contributed by atoms with Crippen molar-refractivity contribution in [2.75, 3.05) is 39.2 Å². The Morgan fingerprint density at radius 2 is 2.47 bits per heavy atom. The van der Waals surface area contributed by atoms with Gasteiger partial charge in [0.05, 0.1) is 0 Å². The van der Waals surface area contributed by atoms with Gasteiger partial charge in [0, 0.05) is 45.2 Å². The molecule has 0 amide bonds. The lowest BCUT2D eigenvalue weighted by Gasteiger charge is -2.15. The first-order chi connectivity index (χ1) is 8.29. The Morgan fingerprint density at radius 3 is 3.18 bits per heavy atom. The van der Waals surface area contributed by atoms with Gasteiger partial charge in [-0.05, 0) is 26.4 Å². The molecule has 96 valence electrons. The summed E-state index contributed by atoms with van der Waals surface area (Å²) in [4.78, 5) is 6.72. The average molecular weight is 238 g/mol. The van der Waals surface area contributed by atoms with Crippen LogP contribution in [0.15, 0.2) is 12.4 Å². The molecule has 1 atom stereocenters. The van der Waals surface area contributed by atoms with Gasteiger partial charge in [0.15, 0.2) is 0 Å². The Balaban J connectivity index is 1.85. The molecule has 2 heterocycles. The minimum Gasteiger partial charge on any atom is -0.385 e. The number of aryl methyl sites for hydroxylation is 1. The molecule has 5 nitrogen and oxygen atoms in total. The second kappa shape index (κ2) is 6.02. The van der Waals surface area contributed by atoms with E-state index in [1.807, 2.05) is 12.4 Å². The minimum absolute atomic E-state index is 0.531. The molecule has 1 saturated heterocycles. The van der Waals surface area contributed by atoms with E-state index in [1.54, 1.807) is 7.11 Å². The highest BCUT2D eigenvalue weighted by atomic mass is 16.5. The Bertz CT molecular complexity index is 339. The van der Waals surface area contributed by atoms with Crippen LogP contribution in [0, 0.1) is 0 Å². The average Bonchev–Trinajstić information content (AvgIpc) is 2.90. The van der Waals surface area contributed by atoms with Gasteiger partial charge in [0.25, 0.3) is 0 Å². The molecule has 0 bridgehead atoms. The predicted octanol–water partition coefficient (Wildman–Crippen LogP) is 1.04. The van der Waals surface area contributed by atoms with Gasteiger partial charge < -0.3 is 19.5 Å². The first kappa shape index (κ1) is 12.4. The molecule has 1 N–H and O–H groups in total. The van der Waals surface area contributed by atoms with E-state index in [9.17, 15) is 0 Å². The van der Waals surface area contributed by atoms with Crippen molar-refractivity contribution in [3.05, 3.63) is 12.4 Å². The Kier molecular flexibility index (Phi) is 4.39. The second-order valence-corrected chi connectivity index (χ2v) is 4.68. The van der Waals surface area contributed by atoms with Crippen LogP contribution in [0.3, 0.4) is 0 Å². The fourth-order valence-corrected chi connectivity index (χ4v) is 2.24. The van der Waals surface area contributed by atoms with Gasteiger partial charge in [-0.2, -0.15) is 0 Å². The molecule has 0 radical (unpaired) electrons. The molecule has 0 saturated carbocycles. The van der Waals surface area contributed by atoms with E-state index < -0.39 is 0 Å². The number of hydrogen-bond donors (Lipinski definition) is 1. The van der Waals surface area contributed by atoms with Crippen molar-refractivity contribution in [3.63, 3.8) is 0 Å². The molecular weight excluding hydrogens is 216 g/mol. The van der Waals surface area contributed by atoms with Crippen molar-refractivity contribution < 1.29 is 4.74 Å². The van der Waals surface area contributed by atoms with E-state index in [-0.39, 0.29) is 0 Å². The lowest BCUT2D eigenvalue weighted by atomic mass is 10.3. The van der Waals surface area contributed by atoms with Gasteiger partial charge in [0.1, 0.15) is 0 Å². The Hall–Kier alpha value is -1.07. The molecule has 1 unspecified atom stereocenters. The molecule has 0 spiro atoms. The maximum atomic E-state index is 5.07. The highest BCUT2D eigenvalue weighted by Crippen LogP contribution is 2.13. The first-order valence-corrected chi connectivity index (χ1v) is 6.24. The summed E-state index contributed by atoms with van der Waals surface area (Å²) in [5.74, 6) is 0.987. The summed E-state index contributed by atoms with van der Waals surface area (Å²) in [6.07, 6.45) is 6.10. The first-order valence-electron chi connectivity index (χ1n) is 6.24. The third kappa shape index (κ3) is 3.44. The van der Waals surface area contributed by atoms with E-state index in [0.29, 0.717) is 6.04 Å². The fraction of sp³-hybridized carbons (Fsp3) is 0.750. The molecule has 1 fully saturated rings. The fourth-order valence-electron chi connectivity index (χ4n) is 2.24. The maximum absolute atomic E-state index is 5.07. The van der Waals surface area contributed by atoms with Crippen LogP contribution in [0.1, 0.15) is 12.8 Å². The van der Waals surface area contributed by atoms with Crippen LogP contribution in [0.25, 0.3) is 0 Å². The largest absolute Gasteiger partial charge is 0.385 e. The zero-order chi connectivity index (χ0) is 12.1. The topological polar surface area (TPSA) is 42.3 Å². The quantitative estimate of drug-likeness (QED) is 0.752. The number of anilines is 1. The van der Waals surface area contributed by atoms with E-state index in [2.05, 4.69) is 26.8 Å². The summed E-state index contributed by atoms with van der Waals surface area (Å²) < 4.78 is 7.23. The highest BCUT2D eigenvalue weighted by Gasteiger charge is 2.20. The third-order valence-corrected chi connectivity index (χ3v) is 3.19. The standard InChI is InChI=1S/C12H22N4O/c1-15-7-4-11(10-15)14-12-13-5-8-16(12)6-3-9-17-2/h5,8,11H,3-4,6-7,9-10H2,1-2H3,(H,13,14). The van der Waals surface area contributed by atoms with Crippen LogP contribution in [0.5, 0.6) is 0 Å². The molecule has 1 aromatic heterocycles. The van der Waals surface area contributed by atoms with Gasteiger partial charge in [-0.1, -0.05) is 0 Å². The van der Waals surface area contributed by atoms with Gasteiger partial charge in [-0.25, -0.2) is 4.98 Å². The van der Waals surface area contributed by atoms with Crippen LogP contribution in [0.2, 0.25) is 0 Å². The molecule has 2 rings (SSSR count). The predicted molar refractivity (Wildman–Crippen MR) is 68.2 cm³/mol. The number of nitrogens with zero attached hydrogens (tertiary/aromatic N) is 3. The number of aromatic nitrogens is 2. The summed E-state index contributed by atoms with van der Waals surface area (Å²) in [7, 11) is 3.90. The number of likely N-dealkylation sites (tertiary alicyclic amines) is 1. The summed E-state index contributed by atoms with van der Waals surface area (Å²) >= 11 is 0. The lowest BCUT2D eigenvalue weighted by Crippen LogP contribution is -2.25. The molecule has 0 aliphatic carbocycles. The zero-order valence-corrected chi connectivity index (χ0v) is 10.7. The maximum Gasteiger partial charge on any atom is 0.203 e. The van der Waals surface area contributed by atoms with Gasteiger partial charge in [0.2, 0.25) is 5.95 Å². The minimum atomic E-state index is 0.531. The second-order valence-electron chi connectivity index (χ2n) is 4.68. The van der Waals surface area contributed by atoms with Crippen molar-refractivity contribution in [3.8, 4) is 0 Å². The number of hydrogen-bond acceptors (Lipinski definition) is 4. The molecule has 17 heavy (non-hydrogen) atoms.